The number of rotatable bonds is 0. The van der Waals surface area contributed by atoms with Gasteiger partial charge in [-0.05, 0) is 32.5 Å². The van der Waals surface area contributed by atoms with E-state index in [4.69, 9.17) is 0 Å². The van der Waals surface area contributed by atoms with Gasteiger partial charge in [0.05, 0.1) is 0 Å². The Morgan fingerprint density at radius 1 is 1.27 bits per heavy atom. The molecule has 2 rings (SSSR count). The van der Waals surface area contributed by atoms with Crippen LogP contribution in [-0.2, 0) is 0 Å². The summed E-state index contributed by atoms with van der Waals surface area (Å²) >= 11 is 0. The van der Waals surface area contributed by atoms with Gasteiger partial charge in [-0.2, -0.15) is 0 Å². The van der Waals surface area contributed by atoms with Crippen molar-refractivity contribution in [2.45, 2.75) is 12.5 Å². The predicted octanol–water partition coefficient (Wildman–Crippen LogP) is 0.753. The highest BCUT2D eigenvalue weighted by molar-refractivity contribution is 5.85. The van der Waals surface area contributed by atoms with Crippen LogP contribution in [0.4, 0.5) is 0 Å². The molecule has 0 aromatic heterocycles. The molecule has 2 aliphatic heterocycles. The molecule has 2 heterocycles. The van der Waals surface area contributed by atoms with Crippen LogP contribution in [0.2, 0.25) is 0 Å². The molecular formula is C7H16Cl2N2. The van der Waals surface area contributed by atoms with E-state index in [2.05, 4.69) is 17.3 Å². The average molecular weight is 199 g/mol. The zero-order valence-corrected chi connectivity index (χ0v) is 8.38. The van der Waals surface area contributed by atoms with Crippen LogP contribution in [0.3, 0.4) is 0 Å². The number of hydrogen-bond acceptors (Lipinski definition) is 2. The Morgan fingerprint density at radius 2 is 2.00 bits per heavy atom. The van der Waals surface area contributed by atoms with Crippen molar-refractivity contribution in [1.29, 1.82) is 0 Å². The van der Waals surface area contributed by atoms with Gasteiger partial charge in [0.25, 0.3) is 0 Å². The maximum Gasteiger partial charge on any atom is 0.0258 e. The highest BCUT2D eigenvalue weighted by atomic mass is 35.5. The summed E-state index contributed by atoms with van der Waals surface area (Å²) in [6, 6.07) is 0.866. The molecule has 0 aliphatic carbocycles. The average Bonchev–Trinajstić information content (AvgIpc) is 2.35. The molecule has 4 heteroatoms. The number of likely N-dealkylation sites (tertiary alicyclic amines) is 1. The van der Waals surface area contributed by atoms with Crippen molar-refractivity contribution in [2.24, 2.45) is 5.92 Å². The third-order valence-electron chi connectivity index (χ3n) is 2.72. The molecule has 0 amide bonds. The zero-order valence-electron chi connectivity index (χ0n) is 6.75. The van der Waals surface area contributed by atoms with Crippen LogP contribution in [0, 0.1) is 5.92 Å². The lowest BCUT2D eigenvalue weighted by molar-refractivity contribution is 0.308. The van der Waals surface area contributed by atoms with Crippen LogP contribution in [0.5, 0.6) is 0 Å². The van der Waals surface area contributed by atoms with E-state index in [0.717, 1.165) is 12.0 Å². The molecule has 2 nitrogen and oxygen atoms in total. The van der Waals surface area contributed by atoms with Gasteiger partial charge in [-0.3, -0.25) is 0 Å². The molecule has 0 aromatic carbocycles. The molecule has 2 fully saturated rings. The Kier molecular flexibility index (Phi) is 4.71. The molecular weight excluding hydrogens is 183 g/mol. The molecule has 0 radical (unpaired) electrons. The van der Waals surface area contributed by atoms with Crippen LogP contribution >= 0.6 is 24.8 Å². The smallest absolute Gasteiger partial charge is 0.0258 e. The lowest BCUT2D eigenvalue weighted by atomic mass is 10.1. The summed E-state index contributed by atoms with van der Waals surface area (Å²) in [6.07, 6.45) is 1.41. The second-order valence-corrected chi connectivity index (χ2v) is 3.25. The summed E-state index contributed by atoms with van der Waals surface area (Å²) in [6.45, 7) is 3.80. The maximum absolute atomic E-state index is 3.41. The summed E-state index contributed by atoms with van der Waals surface area (Å²) in [7, 11) is 2.23. The number of likely N-dealkylation sites (N-methyl/N-ethyl adjacent to an activating group) is 1. The Hall–Kier alpha value is 0.500. The topological polar surface area (TPSA) is 15.3 Å². The van der Waals surface area contributed by atoms with E-state index in [9.17, 15) is 0 Å². The number of nitrogens with one attached hydrogen (secondary N) is 1. The molecule has 0 bridgehead atoms. The van der Waals surface area contributed by atoms with E-state index in [-0.39, 0.29) is 24.8 Å². The van der Waals surface area contributed by atoms with Gasteiger partial charge >= 0.3 is 0 Å². The first kappa shape index (κ1) is 11.5. The molecule has 0 saturated carbocycles. The van der Waals surface area contributed by atoms with Gasteiger partial charge in [-0.25, -0.2) is 0 Å². The Morgan fingerprint density at radius 3 is 2.64 bits per heavy atom. The first-order valence-electron chi connectivity index (χ1n) is 3.79. The SMILES string of the molecule is CN1CC[C@H]2CNC[C@H]21.Cl.Cl. The van der Waals surface area contributed by atoms with Gasteiger partial charge < -0.3 is 10.2 Å². The fourth-order valence-electron chi connectivity index (χ4n) is 2.06. The standard InChI is InChI=1S/C7H14N2.2ClH/c1-9-3-2-6-4-8-5-7(6)9;;/h6-8H,2-5H2,1H3;2*1H/t6-,7+;;/m0../s1. The van der Waals surface area contributed by atoms with Gasteiger partial charge in [0, 0.05) is 12.6 Å². The van der Waals surface area contributed by atoms with Crippen LogP contribution in [0.25, 0.3) is 0 Å². The number of nitrogens with zero attached hydrogens (tertiary/aromatic N) is 1. The van der Waals surface area contributed by atoms with E-state index in [0.29, 0.717) is 0 Å². The van der Waals surface area contributed by atoms with E-state index in [1.807, 2.05) is 0 Å². The first-order valence-corrected chi connectivity index (χ1v) is 3.79. The van der Waals surface area contributed by atoms with Gasteiger partial charge in [0.2, 0.25) is 0 Å². The molecule has 11 heavy (non-hydrogen) atoms. The quantitative estimate of drug-likeness (QED) is 0.619. The fraction of sp³-hybridized carbons (Fsp3) is 1.00. The van der Waals surface area contributed by atoms with E-state index >= 15 is 0 Å². The monoisotopic (exact) mass is 198 g/mol. The van der Waals surface area contributed by atoms with Crippen LogP contribution in [0.1, 0.15) is 6.42 Å². The van der Waals surface area contributed by atoms with Gasteiger partial charge in [0.15, 0.2) is 0 Å². The molecule has 0 unspecified atom stereocenters. The van der Waals surface area contributed by atoms with E-state index in [1.54, 1.807) is 0 Å². The largest absolute Gasteiger partial charge is 0.315 e. The van der Waals surface area contributed by atoms with Gasteiger partial charge in [-0.15, -0.1) is 24.8 Å². The van der Waals surface area contributed by atoms with Crippen LogP contribution in [-0.4, -0.2) is 37.6 Å². The lowest BCUT2D eigenvalue weighted by Gasteiger charge is -2.16. The van der Waals surface area contributed by atoms with Crippen molar-refractivity contribution >= 4 is 24.8 Å². The minimum atomic E-state index is 0. The first-order chi connectivity index (χ1) is 4.38. The summed E-state index contributed by atoms with van der Waals surface area (Å²) in [5, 5.41) is 3.41. The maximum atomic E-state index is 3.41. The predicted molar refractivity (Wildman–Crippen MR) is 51.9 cm³/mol. The molecule has 0 spiro atoms. The Labute approximate surface area is 80.5 Å². The second-order valence-electron chi connectivity index (χ2n) is 3.25. The summed E-state index contributed by atoms with van der Waals surface area (Å²) in [4.78, 5) is 2.48. The molecule has 2 atom stereocenters. The van der Waals surface area contributed by atoms with Crippen molar-refractivity contribution in [3.05, 3.63) is 0 Å². The number of halogens is 2. The minimum Gasteiger partial charge on any atom is -0.315 e. The molecule has 0 aromatic rings. The third-order valence-corrected chi connectivity index (χ3v) is 2.72. The minimum absolute atomic E-state index is 0. The number of hydrogen-bond donors (Lipinski definition) is 1. The van der Waals surface area contributed by atoms with E-state index < -0.39 is 0 Å². The van der Waals surface area contributed by atoms with Crippen molar-refractivity contribution in [3.8, 4) is 0 Å². The van der Waals surface area contributed by atoms with Crippen LogP contribution in [0.15, 0.2) is 0 Å². The molecule has 2 aliphatic rings. The summed E-state index contributed by atoms with van der Waals surface area (Å²) < 4.78 is 0. The molecule has 68 valence electrons. The molecule has 1 N–H and O–H groups in total. The molecule has 2 saturated heterocycles. The Bertz CT molecular complexity index is 121. The van der Waals surface area contributed by atoms with Crippen molar-refractivity contribution in [3.63, 3.8) is 0 Å². The van der Waals surface area contributed by atoms with Crippen LogP contribution < -0.4 is 5.32 Å². The van der Waals surface area contributed by atoms with E-state index in [1.165, 1.54) is 26.1 Å². The summed E-state index contributed by atoms with van der Waals surface area (Å²) in [5.41, 5.74) is 0. The highest BCUT2D eigenvalue weighted by Gasteiger charge is 2.34. The highest BCUT2D eigenvalue weighted by Crippen LogP contribution is 2.24. The van der Waals surface area contributed by atoms with Crippen molar-refractivity contribution in [1.82, 2.24) is 10.2 Å². The number of fused-ring (bicyclic) bond motifs is 1. The van der Waals surface area contributed by atoms with Gasteiger partial charge in [-0.1, -0.05) is 0 Å². The fourth-order valence-corrected chi connectivity index (χ4v) is 2.06. The summed E-state index contributed by atoms with van der Waals surface area (Å²) in [5.74, 6) is 0.968. The zero-order chi connectivity index (χ0) is 6.27. The lowest BCUT2D eigenvalue weighted by Crippen LogP contribution is -2.30. The van der Waals surface area contributed by atoms with Crippen molar-refractivity contribution < 1.29 is 0 Å². The Balaban J connectivity index is 0.000000500. The third kappa shape index (κ3) is 2.00. The normalized spacial score (nSPS) is 35.7. The van der Waals surface area contributed by atoms with Gasteiger partial charge in [0.1, 0.15) is 0 Å². The second kappa shape index (κ2) is 4.51. The van der Waals surface area contributed by atoms with Crippen molar-refractivity contribution in [2.75, 3.05) is 26.7 Å².